The summed E-state index contributed by atoms with van der Waals surface area (Å²) < 4.78 is 43.1. The lowest BCUT2D eigenvalue weighted by Crippen LogP contribution is -2.04. The minimum atomic E-state index is -4.43. The van der Waals surface area contributed by atoms with Crippen molar-refractivity contribution in [2.45, 2.75) is 25.6 Å². The van der Waals surface area contributed by atoms with Crippen LogP contribution in [0.5, 0.6) is 0 Å². The van der Waals surface area contributed by atoms with Gasteiger partial charge in [-0.3, -0.25) is 0 Å². The molecule has 108 valence electrons. The molecular weight excluding hydrogens is 293 g/mol. The number of benzene rings is 1. The van der Waals surface area contributed by atoms with Crippen LogP contribution >= 0.6 is 11.6 Å². The molecule has 0 spiro atoms. The number of aliphatic hydroxyl groups excluding tert-OH is 1. The van der Waals surface area contributed by atoms with Gasteiger partial charge >= 0.3 is 6.18 Å². The highest BCUT2D eigenvalue weighted by Gasteiger charge is 2.31. The van der Waals surface area contributed by atoms with Gasteiger partial charge in [0, 0.05) is 12.0 Å². The Morgan fingerprint density at radius 1 is 1.25 bits per heavy atom. The third-order valence-corrected chi connectivity index (χ3v) is 3.03. The predicted octanol–water partition coefficient (Wildman–Crippen LogP) is 4.54. The number of hydrogen-bond acceptors (Lipinski definition) is 2. The van der Waals surface area contributed by atoms with Crippen LogP contribution < -0.4 is 0 Å². The first kappa shape index (κ1) is 14.9. The summed E-state index contributed by atoms with van der Waals surface area (Å²) in [5.41, 5.74) is -0.418. The van der Waals surface area contributed by atoms with E-state index in [-0.39, 0.29) is 5.02 Å². The Hall–Kier alpha value is -1.46. The number of alkyl halides is 3. The smallest absolute Gasteiger partial charge is 0.416 e. The highest BCUT2D eigenvalue weighted by Crippen LogP contribution is 2.36. The average Bonchev–Trinajstić information content (AvgIpc) is 2.75. The van der Waals surface area contributed by atoms with Crippen LogP contribution in [0.15, 0.2) is 34.7 Å². The monoisotopic (exact) mass is 304 g/mol. The molecule has 0 amide bonds. The third kappa shape index (κ3) is 3.35. The maximum absolute atomic E-state index is 12.5. The topological polar surface area (TPSA) is 33.4 Å². The van der Waals surface area contributed by atoms with Crippen LogP contribution in [0.25, 0.3) is 11.3 Å². The summed E-state index contributed by atoms with van der Waals surface area (Å²) in [4.78, 5) is 0. The molecular formula is C14H12ClF3O2. The number of furan rings is 1. The minimum Gasteiger partial charge on any atom is -0.461 e. The second-order valence-corrected chi connectivity index (χ2v) is 4.92. The molecule has 2 rings (SSSR count). The number of aliphatic hydroxyl groups is 1. The Morgan fingerprint density at radius 3 is 2.50 bits per heavy atom. The van der Waals surface area contributed by atoms with Gasteiger partial charge in [-0.25, -0.2) is 0 Å². The summed E-state index contributed by atoms with van der Waals surface area (Å²) >= 11 is 5.88. The second-order valence-electron chi connectivity index (χ2n) is 4.51. The van der Waals surface area contributed by atoms with E-state index in [1.165, 1.54) is 6.07 Å². The maximum Gasteiger partial charge on any atom is 0.416 e. The van der Waals surface area contributed by atoms with Crippen molar-refractivity contribution in [3.8, 4) is 11.3 Å². The Bertz CT molecular complexity index is 603. The van der Waals surface area contributed by atoms with E-state index in [1.807, 2.05) is 0 Å². The zero-order valence-electron chi connectivity index (χ0n) is 10.5. The first-order valence-corrected chi connectivity index (χ1v) is 6.29. The van der Waals surface area contributed by atoms with E-state index in [1.54, 1.807) is 19.1 Å². The van der Waals surface area contributed by atoms with Gasteiger partial charge in [0.15, 0.2) is 0 Å². The van der Waals surface area contributed by atoms with E-state index in [0.29, 0.717) is 23.5 Å². The summed E-state index contributed by atoms with van der Waals surface area (Å²) in [6, 6.07) is 6.38. The molecule has 1 atom stereocenters. The molecule has 2 aromatic rings. The van der Waals surface area contributed by atoms with Crippen LogP contribution in [-0.4, -0.2) is 11.2 Å². The fourth-order valence-electron chi connectivity index (χ4n) is 1.81. The fraction of sp³-hybridized carbons (Fsp3) is 0.286. The van der Waals surface area contributed by atoms with Crippen molar-refractivity contribution < 1.29 is 22.7 Å². The van der Waals surface area contributed by atoms with Crippen LogP contribution in [-0.2, 0) is 12.6 Å². The standard InChI is InChI=1S/C14H12ClF3O2/c1-8(19)6-10-3-5-13(20-10)11-4-2-9(7-12(11)15)14(16,17)18/h2-5,7-8,19H,6H2,1H3. The molecule has 1 unspecified atom stereocenters. The number of hydrogen-bond donors (Lipinski definition) is 1. The molecule has 0 saturated heterocycles. The summed E-state index contributed by atoms with van der Waals surface area (Å²) in [5.74, 6) is 0.922. The Labute approximate surface area is 118 Å². The molecule has 6 heteroatoms. The van der Waals surface area contributed by atoms with Crippen LogP contribution in [0, 0.1) is 0 Å². The Morgan fingerprint density at radius 2 is 1.95 bits per heavy atom. The number of rotatable bonds is 3. The zero-order valence-corrected chi connectivity index (χ0v) is 11.3. The molecule has 2 nitrogen and oxygen atoms in total. The predicted molar refractivity (Wildman–Crippen MR) is 69.5 cm³/mol. The highest BCUT2D eigenvalue weighted by molar-refractivity contribution is 6.33. The largest absolute Gasteiger partial charge is 0.461 e. The van der Waals surface area contributed by atoms with Gasteiger partial charge in [0.1, 0.15) is 11.5 Å². The summed E-state index contributed by atoms with van der Waals surface area (Å²) in [7, 11) is 0. The van der Waals surface area contributed by atoms with E-state index < -0.39 is 17.8 Å². The van der Waals surface area contributed by atoms with Gasteiger partial charge in [-0.05, 0) is 37.3 Å². The van der Waals surface area contributed by atoms with Crippen LogP contribution in [0.4, 0.5) is 13.2 Å². The molecule has 1 aromatic heterocycles. The molecule has 0 radical (unpaired) electrons. The lowest BCUT2D eigenvalue weighted by Gasteiger charge is -2.08. The Kier molecular flexibility index (Phi) is 4.11. The van der Waals surface area contributed by atoms with E-state index >= 15 is 0 Å². The summed E-state index contributed by atoms with van der Waals surface area (Å²) in [6.07, 6.45) is -4.65. The third-order valence-electron chi connectivity index (χ3n) is 2.72. The molecule has 0 aliphatic rings. The summed E-state index contributed by atoms with van der Waals surface area (Å²) in [5, 5.41) is 9.23. The molecule has 1 N–H and O–H groups in total. The van der Waals surface area contributed by atoms with Crippen molar-refractivity contribution >= 4 is 11.6 Å². The van der Waals surface area contributed by atoms with Gasteiger partial charge in [0.25, 0.3) is 0 Å². The quantitative estimate of drug-likeness (QED) is 0.903. The lowest BCUT2D eigenvalue weighted by atomic mass is 10.1. The molecule has 0 fully saturated rings. The maximum atomic E-state index is 12.5. The number of halogens is 4. The summed E-state index contributed by atoms with van der Waals surface area (Å²) in [6.45, 7) is 1.62. The van der Waals surface area contributed by atoms with Crippen molar-refractivity contribution in [3.63, 3.8) is 0 Å². The van der Waals surface area contributed by atoms with Gasteiger partial charge in [0.2, 0.25) is 0 Å². The first-order chi connectivity index (χ1) is 9.27. The molecule has 0 aliphatic carbocycles. The molecule has 1 aromatic carbocycles. The van der Waals surface area contributed by atoms with Crippen LogP contribution in [0.1, 0.15) is 18.2 Å². The normalized spacial score (nSPS) is 13.5. The molecule has 0 saturated carbocycles. The van der Waals surface area contributed by atoms with Crippen LogP contribution in [0.2, 0.25) is 5.02 Å². The highest BCUT2D eigenvalue weighted by atomic mass is 35.5. The van der Waals surface area contributed by atoms with E-state index in [0.717, 1.165) is 12.1 Å². The lowest BCUT2D eigenvalue weighted by molar-refractivity contribution is -0.137. The zero-order chi connectivity index (χ0) is 14.9. The SMILES string of the molecule is CC(O)Cc1ccc(-c2ccc(C(F)(F)F)cc2Cl)o1. The van der Waals surface area contributed by atoms with E-state index in [9.17, 15) is 18.3 Å². The van der Waals surface area contributed by atoms with Crippen molar-refractivity contribution in [1.82, 2.24) is 0 Å². The van der Waals surface area contributed by atoms with E-state index in [4.69, 9.17) is 16.0 Å². The molecule has 0 bridgehead atoms. The second kappa shape index (κ2) is 5.50. The van der Waals surface area contributed by atoms with Gasteiger partial charge in [-0.15, -0.1) is 0 Å². The fourth-order valence-corrected chi connectivity index (χ4v) is 2.09. The van der Waals surface area contributed by atoms with Crippen molar-refractivity contribution in [2.24, 2.45) is 0 Å². The van der Waals surface area contributed by atoms with Crippen LogP contribution in [0.3, 0.4) is 0 Å². The van der Waals surface area contributed by atoms with Gasteiger partial charge in [-0.1, -0.05) is 11.6 Å². The van der Waals surface area contributed by atoms with Gasteiger partial charge < -0.3 is 9.52 Å². The van der Waals surface area contributed by atoms with Crippen molar-refractivity contribution in [3.05, 3.63) is 46.7 Å². The molecule has 0 aliphatic heterocycles. The Balaban J connectivity index is 2.31. The first-order valence-electron chi connectivity index (χ1n) is 5.91. The molecule has 1 heterocycles. The minimum absolute atomic E-state index is 0.0298. The van der Waals surface area contributed by atoms with Crippen molar-refractivity contribution in [1.29, 1.82) is 0 Å². The molecule has 20 heavy (non-hydrogen) atoms. The van der Waals surface area contributed by atoms with Gasteiger partial charge in [-0.2, -0.15) is 13.2 Å². The van der Waals surface area contributed by atoms with Gasteiger partial charge in [0.05, 0.1) is 16.7 Å². The van der Waals surface area contributed by atoms with E-state index in [2.05, 4.69) is 0 Å². The average molecular weight is 305 g/mol. The van der Waals surface area contributed by atoms with Crippen molar-refractivity contribution in [2.75, 3.05) is 0 Å².